The van der Waals surface area contributed by atoms with Crippen molar-refractivity contribution in [3.05, 3.63) is 95.4 Å². The smallest absolute Gasteiger partial charge is 0.263 e. The van der Waals surface area contributed by atoms with E-state index in [1.807, 2.05) is 78.9 Å². The summed E-state index contributed by atoms with van der Waals surface area (Å²) in [6.45, 7) is 0.197. The lowest BCUT2D eigenvalue weighted by Crippen LogP contribution is -2.21. The maximum absolute atomic E-state index is 13.8. The van der Waals surface area contributed by atoms with Gasteiger partial charge < -0.3 is 9.47 Å². The van der Waals surface area contributed by atoms with Crippen molar-refractivity contribution in [1.29, 1.82) is 0 Å². The van der Waals surface area contributed by atoms with E-state index in [2.05, 4.69) is 4.98 Å². The van der Waals surface area contributed by atoms with E-state index in [-0.39, 0.29) is 12.4 Å². The predicted molar refractivity (Wildman–Crippen MR) is 116 cm³/mol. The van der Waals surface area contributed by atoms with E-state index in [0.717, 1.165) is 33.1 Å². The van der Waals surface area contributed by atoms with Gasteiger partial charge in [-0.3, -0.25) is 14.3 Å². The summed E-state index contributed by atoms with van der Waals surface area (Å²) in [4.78, 5) is 18.3. The highest BCUT2D eigenvalue weighted by atomic mass is 16.7. The molecular weight excluding hydrogens is 376 g/mol. The molecule has 2 aromatic heterocycles. The third kappa shape index (κ3) is 2.49. The van der Waals surface area contributed by atoms with E-state index in [0.29, 0.717) is 17.1 Å². The van der Waals surface area contributed by atoms with Crippen molar-refractivity contribution in [2.75, 3.05) is 6.79 Å². The molecule has 0 radical (unpaired) electrons. The van der Waals surface area contributed by atoms with Crippen LogP contribution in [-0.4, -0.2) is 16.3 Å². The molecule has 5 aromatic rings. The van der Waals surface area contributed by atoms with E-state index in [1.54, 1.807) is 10.8 Å². The summed E-state index contributed by atoms with van der Waals surface area (Å²) in [5.74, 6) is 1.34. The van der Waals surface area contributed by atoms with Crippen molar-refractivity contribution in [2.45, 2.75) is 0 Å². The molecule has 0 saturated carbocycles. The Morgan fingerprint density at radius 3 is 2.60 bits per heavy atom. The van der Waals surface area contributed by atoms with Crippen LogP contribution >= 0.6 is 0 Å². The Balaban J connectivity index is 1.70. The summed E-state index contributed by atoms with van der Waals surface area (Å²) in [5.41, 5.74) is 3.67. The number of nitrogens with zero attached hydrogens (tertiary/aromatic N) is 2. The van der Waals surface area contributed by atoms with Crippen molar-refractivity contribution in [1.82, 2.24) is 9.55 Å². The lowest BCUT2D eigenvalue weighted by atomic mass is 10.0. The number of benzene rings is 3. The van der Waals surface area contributed by atoms with Crippen LogP contribution in [-0.2, 0) is 0 Å². The molecule has 3 heterocycles. The largest absolute Gasteiger partial charge is 0.454 e. The van der Waals surface area contributed by atoms with Gasteiger partial charge in [0, 0.05) is 17.1 Å². The zero-order valence-corrected chi connectivity index (χ0v) is 15.9. The molecule has 3 aromatic carbocycles. The monoisotopic (exact) mass is 392 g/mol. The zero-order chi connectivity index (χ0) is 20.1. The number of hydrogen-bond acceptors (Lipinski definition) is 4. The van der Waals surface area contributed by atoms with Gasteiger partial charge in [0.15, 0.2) is 11.5 Å². The number of hydrogen-bond donors (Lipinski definition) is 0. The molecule has 30 heavy (non-hydrogen) atoms. The molecule has 144 valence electrons. The van der Waals surface area contributed by atoms with Crippen LogP contribution in [0.2, 0.25) is 0 Å². The lowest BCUT2D eigenvalue weighted by molar-refractivity contribution is 0.174. The van der Waals surface area contributed by atoms with Crippen LogP contribution in [0.5, 0.6) is 11.5 Å². The Labute approximate surface area is 171 Å². The quantitative estimate of drug-likeness (QED) is 0.427. The minimum atomic E-state index is -0.106. The molecule has 0 N–H and O–H groups in total. The molecule has 5 heteroatoms. The van der Waals surface area contributed by atoms with Gasteiger partial charge in [0.1, 0.15) is 0 Å². The number of ether oxygens (including phenoxy) is 2. The molecule has 0 amide bonds. The lowest BCUT2D eigenvalue weighted by Gasteiger charge is -2.15. The van der Waals surface area contributed by atoms with Gasteiger partial charge in [-0.15, -0.1) is 0 Å². The Kier molecular flexibility index (Phi) is 3.62. The summed E-state index contributed by atoms with van der Waals surface area (Å²) in [5, 5.41) is 1.96. The van der Waals surface area contributed by atoms with Crippen molar-refractivity contribution < 1.29 is 9.47 Å². The van der Waals surface area contributed by atoms with Crippen molar-refractivity contribution in [3.63, 3.8) is 0 Å². The molecule has 0 bridgehead atoms. The first-order chi connectivity index (χ1) is 14.8. The molecule has 6 rings (SSSR count). The number of aromatic nitrogens is 2. The topological polar surface area (TPSA) is 53.4 Å². The van der Waals surface area contributed by atoms with Crippen LogP contribution in [0.25, 0.3) is 38.6 Å². The average Bonchev–Trinajstić information content (AvgIpc) is 3.26. The SMILES string of the molecule is O=c1c(-c2ccc3c(c2)OCO3)cc2ccccc2n1-c1cccc2cccnc12. The first kappa shape index (κ1) is 16.8. The van der Waals surface area contributed by atoms with Gasteiger partial charge in [-0.05, 0) is 47.3 Å². The van der Waals surface area contributed by atoms with E-state index < -0.39 is 0 Å². The first-order valence-electron chi connectivity index (χ1n) is 9.68. The molecule has 0 atom stereocenters. The van der Waals surface area contributed by atoms with Crippen LogP contribution in [0, 0.1) is 0 Å². The molecule has 0 saturated heterocycles. The maximum atomic E-state index is 13.8. The van der Waals surface area contributed by atoms with E-state index in [4.69, 9.17) is 9.47 Å². The van der Waals surface area contributed by atoms with Crippen LogP contribution in [0.1, 0.15) is 0 Å². The van der Waals surface area contributed by atoms with Crippen molar-refractivity contribution in [2.24, 2.45) is 0 Å². The summed E-state index contributed by atoms with van der Waals surface area (Å²) < 4.78 is 12.7. The molecular formula is C25H16N2O3. The highest BCUT2D eigenvalue weighted by Gasteiger charge is 2.18. The Bertz CT molecular complexity index is 1500. The molecule has 0 spiro atoms. The predicted octanol–water partition coefficient (Wildman–Crippen LogP) is 4.93. The van der Waals surface area contributed by atoms with Gasteiger partial charge in [-0.1, -0.05) is 42.5 Å². The molecule has 1 aliphatic rings. The fraction of sp³-hybridized carbons (Fsp3) is 0.0400. The average molecular weight is 392 g/mol. The highest BCUT2D eigenvalue weighted by molar-refractivity contribution is 5.91. The number of para-hydroxylation sites is 2. The van der Waals surface area contributed by atoms with Crippen LogP contribution < -0.4 is 15.0 Å². The van der Waals surface area contributed by atoms with Gasteiger partial charge in [-0.25, -0.2) is 0 Å². The Hall–Kier alpha value is -4.12. The van der Waals surface area contributed by atoms with Crippen LogP contribution in [0.4, 0.5) is 0 Å². The molecule has 1 aliphatic heterocycles. The summed E-state index contributed by atoms with van der Waals surface area (Å²) >= 11 is 0. The Morgan fingerprint density at radius 2 is 1.63 bits per heavy atom. The third-order valence-electron chi connectivity index (χ3n) is 5.45. The molecule has 0 unspecified atom stereocenters. The molecule has 0 aliphatic carbocycles. The third-order valence-corrected chi connectivity index (χ3v) is 5.45. The second kappa shape index (κ2) is 6.46. The second-order valence-corrected chi connectivity index (χ2v) is 7.18. The number of rotatable bonds is 2. The van der Waals surface area contributed by atoms with Gasteiger partial charge >= 0.3 is 0 Å². The highest BCUT2D eigenvalue weighted by Crippen LogP contribution is 2.36. The zero-order valence-electron chi connectivity index (χ0n) is 15.9. The van der Waals surface area contributed by atoms with Crippen LogP contribution in [0.15, 0.2) is 89.9 Å². The van der Waals surface area contributed by atoms with Gasteiger partial charge in [0.05, 0.1) is 16.7 Å². The summed E-state index contributed by atoms with van der Waals surface area (Å²) in [6.07, 6.45) is 1.75. The Morgan fingerprint density at radius 1 is 0.800 bits per heavy atom. The summed E-state index contributed by atoms with van der Waals surface area (Å²) in [6, 6.07) is 25.2. The molecule has 0 fully saturated rings. The fourth-order valence-corrected chi connectivity index (χ4v) is 4.04. The van der Waals surface area contributed by atoms with E-state index in [1.165, 1.54) is 0 Å². The van der Waals surface area contributed by atoms with Gasteiger partial charge in [0.25, 0.3) is 5.56 Å². The van der Waals surface area contributed by atoms with E-state index >= 15 is 0 Å². The van der Waals surface area contributed by atoms with Gasteiger partial charge in [-0.2, -0.15) is 0 Å². The summed E-state index contributed by atoms with van der Waals surface area (Å²) in [7, 11) is 0. The minimum absolute atomic E-state index is 0.106. The molecule has 5 nitrogen and oxygen atoms in total. The van der Waals surface area contributed by atoms with E-state index in [9.17, 15) is 4.79 Å². The normalized spacial score (nSPS) is 12.5. The standard InChI is InChI=1S/C25H16N2O3/c28-25-19(17-10-11-22-23(14-17)30-15-29-22)13-18-5-1-2-8-20(18)27(25)21-9-3-6-16-7-4-12-26-24(16)21/h1-14H,15H2. The van der Waals surface area contributed by atoms with Crippen molar-refractivity contribution >= 4 is 21.8 Å². The second-order valence-electron chi connectivity index (χ2n) is 7.18. The first-order valence-corrected chi connectivity index (χ1v) is 9.68. The van der Waals surface area contributed by atoms with Crippen molar-refractivity contribution in [3.8, 4) is 28.3 Å². The minimum Gasteiger partial charge on any atom is -0.454 e. The number of fused-ring (bicyclic) bond motifs is 3. The maximum Gasteiger partial charge on any atom is 0.263 e. The van der Waals surface area contributed by atoms with Gasteiger partial charge in [0.2, 0.25) is 6.79 Å². The van der Waals surface area contributed by atoms with Crippen LogP contribution in [0.3, 0.4) is 0 Å². The number of pyridine rings is 2. The fourth-order valence-electron chi connectivity index (χ4n) is 4.04.